The maximum absolute atomic E-state index is 6.20. The van der Waals surface area contributed by atoms with Crippen LogP contribution in [0.25, 0.3) is 0 Å². The summed E-state index contributed by atoms with van der Waals surface area (Å²) in [4.78, 5) is 0. The van der Waals surface area contributed by atoms with Crippen LogP contribution in [0.1, 0.15) is 44.2 Å². The van der Waals surface area contributed by atoms with Crippen molar-refractivity contribution in [1.29, 1.82) is 0 Å². The van der Waals surface area contributed by atoms with E-state index in [0.29, 0.717) is 11.5 Å². The summed E-state index contributed by atoms with van der Waals surface area (Å²) in [6, 6.07) is 4.68. The van der Waals surface area contributed by atoms with Crippen LogP contribution in [0.3, 0.4) is 0 Å². The Balaban J connectivity index is 1.74. The van der Waals surface area contributed by atoms with Gasteiger partial charge in [-0.25, -0.2) is 0 Å². The van der Waals surface area contributed by atoms with Gasteiger partial charge < -0.3 is 10.1 Å². The minimum absolute atomic E-state index is 0.405. The van der Waals surface area contributed by atoms with E-state index in [0.717, 1.165) is 30.3 Å². The fourth-order valence-electron chi connectivity index (χ4n) is 3.42. The van der Waals surface area contributed by atoms with Crippen molar-refractivity contribution in [1.82, 2.24) is 5.32 Å². The van der Waals surface area contributed by atoms with E-state index in [2.05, 4.69) is 19.2 Å². The Labute approximate surface area is 120 Å². The quantitative estimate of drug-likeness (QED) is 0.905. The van der Waals surface area contributed by atoms with Crippen LogP contribution in [-0.2, 0) is 13.0 Å². The lowest BCUT2D eigenvalue weighted by molar-refractivity contribution is 0.280. The van der Waals surface area contributed by atoms with Gasteiger partial charge in [0.1, 0.15) is 5.75 Å². The number of benzene rings is 1. The molecule has 1 aromatic carbocycles. The lowest BCUT2D eigenvalue weighted by Crippen LogP contribution is -2.37. The van der Waals surface area contributed by atoms with Gasteiger partial charge in [-0.3, -0.25) is 0 Å². The van der Waals surface area contributed by atoms with Crippen molar-refractivity contribution in [3.05, 3.63) is 28.3 Å². The molecule has 1 atom stereocenters. The normalized spacial score (nSPS) is 24.3. The molecule has 1 N–H and O–H groups in total. The van der Waals surface area contributed by atoms with Crippen LogP contribution in [0.15, 0.2) is 12.1 Å². The van der Waals surface area contributed by atoms with Crippen LogP contribution in [0, 0.1) is 5.41 Å². The minimum atomic E-state index is 0.405. The van der Waals surface area contributed by atoms with Gasteiger partial charge in [0.2, 0.25) is 0 Å². The molecule has 19 heavy (non-hydrogen) atoms. The van der Waals surface area contributed by atoms with Gasteiger partial charge in [0, 0.05) is 29.6 Å². The maximum atomic E-state index is 6.20. The van der Waals surface area contributed by atoms with E-state index in [-0.39, 0.29) is 0 Å². The molecule has 0 bridgehead atoms. The predicted molar refractivity (Wildman–Crippen MR) is 78.9 cm³/mol. The Morgan fingerprint density at radius 1 is 1.42 bits per heavy atom. The molecule has 1 fully saturated rings. The Kier molecular flexibility index (Phi) is 3.48. The molecule has 1 aromatic rings. The number of rotatable bonds is 3. The third-order valence-corrected chi connectivity index (χ3v) is 4.84. The summed E-state index contributed by atoms with van der Waals surface area (Å²) in [6.45, 7) is 6.36. The van der Waals surface area contributed by atoms with Crippen LogP contribution >= 0.6 is 11.6 Å². The van der Waals surface area contributed by atoms with Gasteiger partial charge in [-0.15, -0.1) is 0 Å². The number of fused-ring (bicyclic) bond motifs is 1. The van der Waals surface area contributed by atoms with Crippen molar-refractivity contribution in [2.24, 2.45) is 5.41 Å². The predicted octanol–water partition coefficient (Wildman–Crippen LogP) is 3.94. The van der Waals surface area contributed by atoms with E-state index in [1.165, 1.54) is 30.4 Å². The molecule has 1 heterocycles. The number of halogens is 1. The second-order valence-corrected chi connectivity index (χ2v) is 6.90. The molecule has 0 spiro atoms. The summed E-state index contributed by atoms with van der Waals surface area (Å²) in [5, 5.41) is 4.53. The van der Waals surface area contributed by atoms with E-state index in [4.69, 9.17) is 16.3 Å². The molecule has 1 unspecified atom stereocenters. The first-order valence-electron chi connectivity index (χ1n) is 7.24. The van der Waals surface area contributed by atoms with Crippen molar-refractivity contribution in [3.8, 4) is 5.75 Å². The van der Waals surface area contributed by atoms with Crippen LogP contribution in [0.4, 0.5) is 0 Å². The third kappa shape index (κ3) is 2.61. The van der Waals surface area contributed by atoms with Crippen molar-refractivity contribution in [2.75, 3.05) is 6.61 Å². The molecule has 1 aliphatic heterocycles. The van der Waals surface area contributed by atoms with Gasteiger partial charge in [-0.05, 0) is 36.0 Å². The SMILES string of the molecule is CC1(C)CCCC1NCc1cc(Cl)cc2c1OCC2. The first kappa shape index (κ1) is 13.3. The minimum Gasteiger partial charge on any atom is -0.493 e. The Hall–Kier alpha value is -0.730. The molecule has 0 saturated heterocycles. The zero-order chi connectivity index (χ0) is 13.5. The van der Waals surface area contributed by atoms with Crippen molar-refractivity contribution >= 4 is 11.6 Å². The Morgan fingerprint density at radius 2 is 2.26 bits per heavy atom. The van der Waals surface area contributed by atoms with Gasteiger partial charge >= 0.3 is 0 Å². The lowest BCUT2D eigenvalue weighted by Gasteiger charge is -2.28. The molecule has 104 valence electrons. The summed E-state index contributed by atoms with van der Waals surface area (Å²) in [5.74, 6) is 1.06. The van der Waals surface area contributed by atoms with E-state index in [1.807, 2.05) is 12.1 Å². The smallest absolute Gasteiger partial charge is 0.127 e. The number of ether oxygens (including phenoxy) is 1. The molecule has 0 radical (unpaired) electrons. The summed E-state index contributed by atoms with van der Waals surface area (Å²) in [7, 11) is 0. The molecule has 1 aliphatic carbocycles. The van der Waals surface area contributed by atoms with Crippen molar-refractivity contribution < 1.29 is 4.74 Å². The van der Waals surface area contributed by atoms with E-state index in [1.54, 1.807) is 0 Å². The highest BCUT2D eigenvalue weighted by Crippen LogP contribution is 2.38. The second kappa shape index (κ2) is 4.99. The summed E-state index contributed by atoms with van der Waals surface area (Å²) >= 11 is 6.20. The molecular weight excluding hydrogens is 258 g/mol. The van der Waals surface area contributed by atoms with Crippen LogP contribution < -0.4 is 10.1 Å². The van der Waals surface area contributed by atoms with E-state index in [9.17, 15) is 0 Å². The number of hydrogen-bond acceptors (Lipinski definition) is 2. The molecule has 2 aliphatic rings. The molecule has 1 saturated carbocycles. The second-order valence-electron chi connectivity index (χ2n) is 6.47. The Bertz CT molecular complexity index is 484. The molecule has 0 aromatic heterocycles. The van der Waals surface area contributed by atoms with Crippen molar-refractivity contribution in [2.45, 2.75) is 52.1 Å². The zero-order valence-electron chi connectivity index (χ0n) is 11.8. The first-order chi connectivity index (χ1) is 9.06. The third-order valence-electron chi connectivity index (χ3n) is 4.62. The van der Waals surface area contributed by atoms with Gasteiger partial charge in [0.05, 0.1) is 6.61 Å². The van der Waals surface area contributed by atoms with Gasteiger partial charge in [-0.1, -0.05) is 31.9 Å². The highest BCUT2D eigenvalue weighted by molar-refractivity contribution is 6.30. The largest absolute Gasteiger partial charge is 0.493 e. The fourth-order valence-corrected chi connectivity index (χ4v) is 3.68. The fraction of sp³-hybridized carbons (Fsp3) is 0.625. The standard InChI is InChI=1S/C16H22ClNO/c1-16(2)6-3-4-14(16)18-10-12-9-13(17)8-11-5-7-19-15(11)12/h8-9,14,18H,3-7,10H2,1-2H3. The number of nitrogens with one attached hydrogen (secondary N) is 1. The maximum Gasteiger partial charge on any atom is 0.127 e. The molecule has 3 heteroatoms. The average molecular weight is 280 g/mol. The van der Waals surface area contributed by atoms with Crippen LogP contribution in [0.5, 0.6) is 5.75 Å². The van der Waals surface area contributed by atoms with Gasteiger partial charge in [0.25, 0.3) is 0 Å². The van der Waals surface area contributed by atoms with E-state index >= 15 is 0 Å². The van der Waals surface area contributed by atoms with Crippen LogP contribution in [0.2, 0.25) is 5.02 Å². The molecular formula is C16H22ClNO. The van der Waals surface area contributed by atoms with Crippen LogP contribution in [-0.4, -0.2) is 12.6 Å². The highest BCUT2D eigenvalue weighted by atomic mass is 35.5. The Morgan fingerprint density at radius 3 is 3.00 bits per heavy atom. The highest BCUT2D eigenvalue weighted by Gasteiger charge is 2.34. The van der Waals surface area contributed by atoms with Crippen molar-refractivity contribution in [3.63, 3.8) is 0 Å². The zero-order valence-corrected chi connectivity index (χ0v) is 12.5. The van der Waals surface area contributed by atoms with Gasteiger partial charge in [0.15, 0.2) is 0 Å². The average Bonchev–Trinajstić information content (AvgIpc) is 2.92. The van der Waals surface area contributed by atoms with Gasteiger partial charge in [-0.2, -0.15) is 0 Å². The molecule has 2 nitrogen and oxygen atoms in total. The summed E-state index contributed by atoms with van der Waals surface area (Å²) in [5.41, 5.74) is 2.88. The summed E-state index contributed by atoms with van der Waals surface area (Å²) in [6.07, 6.45) is 4.90. The molecule has 0 amide bonds. The first-order valence-corrected chi connectivity index (χ1v) is 7.61. The lowest BCUT2D eigenvalue weighted by atomic mass is 9.87. The topological polar surface area (TPSA) is 21.3 Å². The number of hydrogen-bond donors (Lipinski definition) is 1. The summed E-state index contributed by atoms with van der Waals surface area (Å²) < 4.78 is 5.75. The molecule has 3 rings (SSSR count). The monoisotopic (exact) mass is 279 g/mol. The van der Waals surface area contributed by atoms with E-state index < -0.39 is 0 Å².